The second-order valence-corrected chi connectivity index (χ2v) is 8.21. The maximum Gasteiger partial charge on any atom is 0.271 e. The first kappa shape index (κ1) is 14.9. The van der Waals surface area contributed by atoms with Crippen molar-refractivity contribution in [3.05, 3.63) is 49.8 Å². The van der Waals surface area contributed by atoms with Gasteiger partial charge in [-0.05, 0) is 46.6 Å². The smallest absolute Gasteiger partial charge is 0.271 e. The topological polar surface area (TPSA) is 89.3 Å². The Hall–Kier alpha value is -1.45. The van der Waals surface area contributed by atoms with Gasteiger partial charge in [0.05, 0.1) is 8.71 Å². The second-order valence-electron chi connectivity index (χ2n) is 3.93. The summed E-state index contributed by atoms with van der Waals surface area (Å²) < 4.78 is 27.6. The molecule has 1 aromatic heterocycles. The molecule has 0 aliphatic heterocycles. The van der Waals surface area contributed by atoms with Gasteiger partial charge in [0.25, 0.3) is 15.7 Å². The molecule has 2 aromatic rings. The summed E-state index contributed by atoms with van der Waals surface area (Å²) in [5.41, 5.74) is 1.01. The zero-order valence-electron chi connectivity index (χ0n) is 10.2. The van der Waals surface area contributed by atoms with E-state index in [-0.39, 0.29) is 15.6 Å². The van der Waals surface area contributed by atoms with Gasteiger partial charge < -0.3 is 0 Å². The molecule has 6 nitrogen and oxygen atoms in total. The van der Waals surface area contributed by atoms with Gasteiger partial charge in [0.1, 0.15) is 4.21 Å². The first-order valence-corrected chi connectivity index (χ1v) is 8.42. The Labute approximate surface area is 127 Å². The fourth-order valence-corrected chi connectivity index (χ4v) is 4.70. The Kier molecular flexibility index (Phi) is 4.11. The van der Waals surface area contributed by atoms with Gasteiger partial charge in [0, 0.05) is 17.8 Å². The van der Waals surface area contributed by atoms with Crippen LogP contribution in [0.5, 0.6) is 0 Å². The molecule has 0 atom stereocenters. The second kappa shape index (κ2) is 5.51. The molecular formula is C11H9BrN2O4S2. The maximum absolute atomic E-state index is 12.1. The molecule has 0 saturated carbocycles. The monoisotopic (exact) mass is 376 g/mol. The number of non-ortho nitro benzene ring substituents is 1. The number of nitrogens with zero attached hydrogens (tertiary/aromatic N) is 1. The number of nitro groups is 1. The van der Waals surface area contributed by atoms with E-state index in [9.17, 15) is 18.5 Å². The highest BCUT2D eigenvalue weighted by atomic mass is 79.9. The van der Waals surface area contributed by atoms with Crippen LogP contribution in [0.3, 0.4) is 0 Å². The largest absolute Gasteiger partial charge is 0.279 e. The lowest BCUT2D eigenvalue weighted by Gasteiger charge is -2.05. The third-order valence-corrected chi connectivity index (χ3v) is 6.42. The van der Waals surface area contributed by atoms with E-state index in [0.717, 1.165) is 20.7 Å². The third kappa shape index (κ3) is 3.17. The Bertz CT molecular complexity index is 734. The average Bonchev–Trinajstić information content (AvgIpc) is 2.71. The number of halogens is 1. The molecule has 0 unspecified atom stereocenters. The summed E-state index contributed by atoms with van der Waals surface area (Å²) >= 11 is 4.38. The number of hydrogen-bond donors (Lipinski definition) is 1. The number of nitrogens with one attached hydrogen (secondary N) is 1. The summed E-state index contributed by atoms with van der Waals surface area (Å²) in [5.74, 6) is 0. The van der Waals surface area contributed by atoms with Crippen LogP contribution in [-0.2, 0) is 10.0 Å². The molecule has 0 aliphatic carbocycles. The van der Waals surface area contributed by atoms with Crippen molar-refractivity contribution in [3.63, 3.8) is 0 Å². The van der Waals surface area contributed by atoms with Gasteiger partial charge in [-0.2, -0.15) is 0 Å². The van der Waals surface area contributed by atoms with Crippen LogP contribution < -0.4 is 4.72 Å². The molecule has 0 fully saturated rings. The minimum Gasteiger partial charge on any atom is -0.279 e. The number of sulfonamides is 1. The van der Waals surface area contributed by atoms with E-state index in [2.05, 4.69) is 20.7 Å². The minimum absolute atomic E-state index is 0.0948. The van der Waals surface area contributed by atoms with E-state index in [1.807, 2.05) is 0 Å². The van der Waals surface area contributed by atoms with Crippen LogP contribution in [0.25, 0.3) is 0 Å². The van der Waals surface area contributed by atoms with Crippen LogP contribution in [0, 0.1) is 17.0 Å². The highest BCUT2D eigenvalue weighted by Crippen LogP contribution is 2.31. The predicted octanol–water partition coefficient (Wildman–Crippen LogP) is 3.53. The van der Waals surface area contributed by atoms with Gasteiger partial charge >= 0.3 is 0 Å². The summed E-state index contributed by atoms with van der Waals surface area (Å²) in [6.07, 6.45) is 0. The van der Waals surface area contributed by atoms with Crippen molar-refractivity contribution in [2.75, 3.05) is 4.72 Å². The van der Waals surface area contributed by atoms with Crippen LogP contribution in [0.15, 0.2) is 38.3 Å². The van der Waals surface area contributed by atoms with Gasteiger partial charge in [0.2, 0.25) is 0 Å². The van der Waals surface area contributed by atoms with Crippen molar-refractivity contribution in [1.29, 1.82) is 0 Å². The van der Waals surface area contributed by atoms with Gasteiger partial charge in [-0.1, -0.05) is 0 Å². The quantitative estimate of drug-likeness (QED) is 0.652. The molecule has 1 N–H and O–H groups in total. The van der Waals surface area contributed by atoms with E-state index >= 15 is 0 Å². The summed E-state index contributed by atoms with van der Waals surface area (Å²) in [4.78, 5) is 9.98. The Morgan fingerprint density at radius 3 is 2.35 bits per heavy atom. The molecule has 2 rings (SSSR count). The lowest BCUT2D eigenvalue weighted by molar-refractivity contribution is -0.384. The summed E-state index contributed by atoms with van der Waals surface area (Å²) in [5, 5.41) is 10.5. The van der Waals surface area contributed by atoms with E-state index in [1.165, 1.54) is 24.3 Å². The van der Waals surface area contributed by atoms with Crippen molar-refractivity contribution >= 4 is 48.7 Å². The zero-order chi connectivity index (χ0) is 14.9. The molecule has 1 aromatic carbocycles. The van der Waals surface area contributed by atoms with Gasteiger partial charge in [-0.15, -0.1) is 11.3 Å². The van der Waals surface area contributed by atoms with Crippen molar-refractivity contribution in [3.8, 4) is 0 Å². The molecule has 9 heteroatoms. The highest BCUT2D eigenvalue weighted by molar-refractivity contribution is 9.11. The van der Waals surface area contributed by atoms with Gasteiger partial charge in [-0.25, -0.2) is 8.42 Å². The first-order valence-electron chi connectivity index (χ1n) is 5.33. The normalized spacial score (nSPS) is 11.3. The molecule has 0 spiro atoms. The lowest BCUT2D eigenvalue weighted by Crippen LogP contribution is -2.11. The molecule has 20 heavy (non-hydrogen) atoms. The molecule has 106 valence electrons. The summed E-state index contributed by atoms with van der Waals surface area (Å²) in [6, 6.07) is 6.75. The van der Waals surface area contributed by atoms with Gasteiger partial charge in [-0.3, -0.25) is 14.8 Å². The third-order valence-electron chi connectivity index (χ3n) is 2.43. The van der Waals surface area contributed by atoms with E-state index in [1.54, 1.807) is 13.0 Å². The zero-order valence-corrected chi connectivity index (χ0v) is 13.4. The summed E-state index contributed by atoms with van der Waals surface area (Å²) in [6.45, 7) is 1.80. The molecule has 0 aliphatic rings. The van der Waals surface area contributed by atoms with Crippen LogP contribution in [0.4, 0.5) is 11.4 Å². The van der Waals surface area contributed by atoms with Gasteiger partial charge in [0.15, 0.2) is 0 Å². The number of aryl methyl sites for hydroxylation is 1. The van der Waals surface area contributed by atoms with E-state index in [0.29, 0.717) is 0 Å². The number of anilines is 1. The number of benzene rings is 1. The molecule has 1 heterocycles. The van der Waals surface area contributed by atoms with Crippen LogP contribution >= 0.6 is 27.3 Å². The maximum atomic E-state index is 12.1. The van der Waals surface area contributed by atoms with Crippen molar-refractivity contribution in [2.45, 2.75) is 11.1 Å². The van der Waals surface area contributed by atoms with Crippen LogP contribution in [0.1, 0.15) is 5.56 Å². The first-order chi connectivity index (χ1) is 9.29. The standard InChI is InChI=1S/C11H9BrN2O4S2/c1-7-6-10(19-11(7)12)20(17,18)13-8-2-4-9(5-3-8)14(15)16/h2-6,13H,1H3. The molecular weight excluding hydrogens is 368 g/mol. The lowest BCUT2D eigenvalue weighted by atomic mass is 10.3. The Morgan fingerprint density at radius 1 is 1.30 bits per heavy atom. The molecule has 0 amide bonds. The van der Waals surface area contributed by atoms with Crippen LogP contribution in [0.2, 0.25) is 0 Å². The fraction of sp³-hybridized carbons (Fsp3) is 0.0909. The van der Waals surface area contributed by atoms with Crippen molar-refractivity contribution in [1.82, 2.24) is 0 Å². The fourth-order valence-electron chi connectivity index (χ4n) is 1.42. The number of hydrogen-bond acceptors (Lipinski definition) is 5. The van der Waals surface area contributed by atoms with E-state index < -0.39 is 14.9 Å². The highest BCUT2D eigenvalue weighted by Gasteiger charge is 2.18. The summed E-state index contributed by atoms with van der Waals surface area (Å²) in [7, 11) is -3.68. The minimum atomic E-state index is -3.68. The average molecular weight is 377 g/mol. The number of thiophene rings is 1. The number of nitro benzene ring substituents is 1. The number of rotatable bonds is 4. The molecule has 0 bridgehead atoms. The Balaban J connectivity index is 2.26. The van der Waals surface area contributed by atoms with Crippen molar-refractivity contribution < 1.29 is 13.3 Å². The van der Waals surface area contributed by atoms with E-state index in [4.69, 9.17) is 0 Å². The molecule has 0 saturated heterocycles. The van der Waals surface area contributed by atoms with Crippen molar-refractivity contribution in [2.24, 2.45) is 0 Å². The molecule has 0 radical (unpaired) electrons. The Morgan fingerprint density at radius 2 is 1.90 bits per heavy atom. The SMILES string of the molecule is Cc1cc(S(=O)(=O)Nc2ccc([N+](=O)[O-])cc2)sc1Br. The van der Waals surface area contributed by atoms with Crippen LogP contribution in [-0.4, -0.2) is 13.3 Å². The predicted molar refractivity (Wildman–Crippen MR) is 80.7 cm³/mol.